The Labute approximate surface area is 104 Å². The molecule has 0 spiro atoms. The van der Waals surface area contributed by atoms with Gasteiger partial charge in [0.05, 0.1) is 12.7 Å². The van der Waals surface area contributed by atoms with Crippen LogP contribution in [-0.4, -0.2) is 30.7 Å². The molecule has 1 aliphatic heterocycles. The minimum absolute atomic E-state index is 0.0192. The van der Waals surface area contributed by atoms with Gasteiger partial charge in [-0.15, -0.1) is 0 Å². The standard InChI is InChI=1S/C14H24O3/c1-12(6-5-7-13(2)15)9-11-17-14-8-3-4-10-16-14/h5-6,9,13-15H,3-4,7-8,10-11H2,1-2H3. The Kier molecular flexibility index (Phi) is 7.17. The molecule has 1 N–H and O–H groups in total. The highest BCUT2D eigenvalue weighted by Crippen LogP contribution is 2.13. The van der Waals surface area contributed by atoms with E-state index < -0.39 is 0 Å². The van der Waals surface area contributed by atoms with Gasteiger partial charge in [0.15, 0.2) is 6.29 Å². The highest BCUT2D eigenvalue weighted by molar-refractivity contribution is 5.15. The minimum Gasteiger partial charge on any atom is -0.393 e. The average Bonchev–Trinajstić information content (AvgIpc) is 2.30. The average molecular weight is 240 g/mol. The molecule has 98 valence electrons. The van der Waals surface area contributed by atoms with Crippen molar-refractivity contribution in [2.24, 2.45) is 0 Å². The van der Waals surface area contributed by atoms with E-state index in [4.69, 9.17) is 14.6 Å². The SMILES string of the molecule is CC(C=CCC(C)O)=CCOC1CCCCO1. The molecule has 3 nitrogen and oxygen atoms in total. The predicted molar refractivity (Wildman–Crippen MR) is 68.7 cm³/mol. The summed E-state index contributed by atoms with van der Waals surface area (Å²) < 4.78 is 11.1. The molecule has 0 bridgehead atoms. The van der Waals surface area contributed by atoms with Crippen LogP contribution in [0.25, 0.3) is 0 Å². The lowest BCUT2D eigenvalue weighted by molar-refractivity contribution is -0.155. The molecule has 0 aliphatic carbocycles. The number of rotatable bonds is 6. The fraction of sp³-hybridized carbons (Fsp3) is 0.714. The molecular formula is C14H24O3. The maximum Gasteiger partial charge on any atom is 0.157 e. The van der Waals surface area contributed by atoms with Crippen molar-refractivity contribution in [1.29, 1.82) is 0 Å². The second-order valence-electron chi connectivity index (χ2n) is 4.56. The Morgan fingerprint density at radius 3 is 3.00 bits per heavy atom. The number of aliphatic hydroxyl groups is 1. The van der Waals surface area contributed by atoms with Gasteiger partial charge >= 0.3 is 0 Å². The van der Waals surface area contributed by atoms with Crippen LogP contribution in [0.2, 0.25) is 0 Å². The zero-order chi connectivity index (χ0) is 12.5. The normalized spacial score (nSPS) is 24.2. The first-order chi connectivity index (χ1) is 8.18. The Morgan fingerprint density at radius 1 is 1.53 bits per heavy atom. The monoisotopic (exact) mass is 240 g/mol. The quantitative estimate of drug-likeness (QED) is 0.726. The summed E-state index contributed by atoms with van der Waals surface area (Å²) in [6.45, 7) is 5.23. The van der Waals surface area contributed by atoms with E-state index in [1.165, 1.54) is 6.42 Å². The molecule has 1 heterocycles. The third kappa shape index (κ3) is 7.31. The summed E-state index contributed by atoms with van der Waals surface area (Å²) in [5.41, 5.74) is 1.15. The third-order valence-corrected chi connectivity index (χ3v) is 2.68. The van der Waals surface area contributed by atoms with Crippen LogP contribution in [0, 0.1) is 0 Å². The van der Waals surface area contributed by atoms with Gasteiger partial charge in [0.1, 0.15) is 0 Å². The van der Waals surface area contributed by atoms with Crippen LogP contribution in [-0.2, 0) is 9.47 Å². The summed E-state index contributed by atoms with van der Waals surface area (Å²) in [4.78, 5) is 0. The van der Waals surface area contributed by atoms with E-state index in [-0.39, 0.29) is 12.4 Å². The van der Waals surface area contributed by atoms with E-state index in [0.29, 0.717) is 13.0 Å². The first-order valence-corrected chi connectivity index (χ1v) is 6.43. The summed E-state index contributed by atoms with van der Waals surface area (Å²) in [5, 5.41) is 9.10. The van der Waals surface area contributed by atoms with Crippen molar-refractivity contribution in [2.75, 3.05) is 13.2 Å². The zero-order valence-corrected chi connectivity index (χ0v) is 10.9. The molecule has 0 radical (unpaired) electrons. The maximum atomic E-state index is 9.10. The summed E-state index contributed by atoms with van der Waals surface area (Å²) in [6.07, 6.45) is 9.78. The first-order valence-electron chi connectivity index (χ1n) is 6.43. The van der Waals surface area contributed by atoms with Crippen LogP contribution in [0.1, 0.15) is 39.5 Å². The van der Waals surface area contributed by atoms with Crippen molar-refractivity contribution >= 4 is 0 Å². The molecule has 0 aromatic carbocycles. The van der Waals surface area contributed by atoms with Crippen LogP contribution >= 0.6 is 0 Å². The molecule has 1 rings (SSSR count). The van der Waals surface area contributed by atoms with Crippen molar-refractivity contribution in [3.05, 3.63) is 23.8 Å². The molecule has 0 amide bonds. The van der Waals surface area contributed by atoms with E-state index in [0.717, 1.165) is 25.0 Å². The van der Waals surface area contributed by atoms with Crippen LogP contribution in [0.3, 0.4) is 0 Å². The Hall–Kier alpha value is -0.640. The molecule has 2 unspecified atom stereocenters. The predicted octanol–water partition coefficient (Wildman–Crippen LogP) is 2.80. The summed E-state index contributed by atoms with van der Waals surface area (Å²) in [5.74, 6) is 0. The fourth-order valence-corrected chi connectivity index (χ4v) is 1.65. The number of allylic oxidation sites excluding steroid dienone is 2. The van der Waals surface area contributed by atoms with Gasteiger partial charge in [-0.2, -0.15) is 0 Å². The molecule has 0 aromatic heterocycles. The molecular weight excluding hydrogens is 216 g/mol. The first kappa shape index (κ1) is 14.4. The van der Waals surface area contributed by atoms with Crippen molar-refractivity contribution in [1.82, 2.24) is 0 Å². The molecule has 0 saturated carbocycles. The molecule has 2 atom stereocenters. The molecule has 17 heavy (non-hydrogen) atoms. The molecule has 1 aliphatic rings. The van der Waals surface area contributed by atoms with Crippen molar-refractivity contribution in [3.8, 4) is 0 Å². The lowest BCUT2D eigenvalue weighted by Crippen LogP contribution is -2.22. The van der Waals surface area contributed by atoms with E-state index in [9.17, 15) is 0 Å². The summed E-state index contributed by atoms with van der Waals surface area (Å²) >= 11 is 0. The van der Waals surface area contributed by atoms with Gasteiger partial charge in [0, 0.05) is 6.61 Å². The second-order valence-corrected chi connectivity index (χ2v) is 4.56. The van der Waals surface area contributed by atoms with Crippen LogP contribution in [0.15, 0.2) is 23.8 Å². The maximum absolute atomic E-state index is 9.10. The minimum atomic E-state index is -0.272. The largest absolute Gasteiger partial charge is 0.393 e. The molecule has 1 saturated heterocycles. The van der Waals surface area contributed by atoms with Crippen LogP contribution in [0.4, 0.5) is 0 Å². The topological polar surface area (TPSA) is 38.7 Å². The lowest BCUT2D eigenvalue weighted by Gasteiger charge is -2.22. The number of hydrogen-bond donors (Lipinski definition) is 1. The Bertz CT molecular complexity index is 250. The van der Waals surface area contributed by atoms with Gasteiger partial charge in [-0.1, -0.05) is 23.8 Å². The van der Waals surface area contributed by atoms with Gasteiger partial charge in [-0.05, 0) is 39.5 Å². The van der Waals surface area contributed by atoms with E-state index in [1.54, 1.807) is 6.92 Å². The lowest BCUT2D eigenvalue weighted by atomic mass is 10.2. The van der Waals surface area contributed by atoms with E-state index in [1.807, 2.05) is 25.2 Å². The number of hydrogen-bond acceptors (Lipinski definition) is 3. The van der Waals surface area contributed by atoms with Gasteiger partial charge < -0.3 is 14.6 Å². The fourth-order valence-electron chi connectivity index (χ4n) is 1.65. The molecule has 0 aromatic rings. The zero-order valence-electron chi connectivity index (χ0n) is 10.9. The Morgan fingerprint density at radius 2 is 2.35 bits per heavy atom. The van der Waals surface area contributed by atoms with Crippen molar-refractivity contribution in [3.63, 3.8) is 0 Å². The second kappa shape index (κ2) is 8.45. The molecule has 3 heteroatoms. The van der Waals surface area contributed by atoms with Crippen LogP contribution in [0.5, 0.6) is 0 Å². The van der Waals surface area contributed by atoms with E-state index >= 15 is 0 Å². The van der Waals surface area contributed by atoms with Crippen molar-refractivity contribution in [2.45, 2.75) is 51.9 Å². The summed E-state index contributed by atoms with van der Waals surface area (Å²) in [6, 6.07) is 0. The number of ether oxygens (including phenoxy) is 2. The molecule has 1 fully saturated rings. The summed E-state index contributed by atoms with van der Waals surface area (Å²) in [7, 11) is 0. The highest BCUT2D eigenvalue weighted by atomic mass is 16.7. The van der Waals surface area contributed by atoms with Gasteiger partial charge in [-0.3, -0.25) is 0 Å². The van der Waals surface area contributed by atoms with Crippen molar-refractivity contribution < 1.29 is 14.6 Å². The highest BCUT2D eigenvalue weighted by Gasteiger charge is 2.12. The van der Waals surface area contributed by atoms with Gasteiger partial charge in [-0.25, -0.2) is 0 Å². The smallest absolute Gasteiger partial charge is 0.157 e. The van der Waals surface area contributed by atoms with Gasteiger partial charge in [0.25, 0.3) is 0 Å². The van der Waals surface area contributed by atoms with E-state index in [2.05, 4.69) is 0 Å². The Balaban J connectivity index is 2.15. The third-order valence-electron chi connectivity index (χ3n) is 2.68. The van der Waals surface area contributed by atoms with Crippen LogP contribution < -0.4 is 0 Å². The van der Waals surface area contributed by atoms with Gasteiger partial charge in [0.2, 0.25) is 0 Å². The number of aliphatic hydroxyl groups excluding tert-OH is 1.